The van der Waals surface area contributed by atoms with Crippen LogP contribution in [-0.4, -0.2) is 17.7 Å². The molecule has 1 unspecified atom stereocenters. The summed E-state index contributed by atoms with van der Waals surface area (Å²) in [5.41, 5.74) is 3.03. The van der Waals surface area contributed by atoms with Gasteiger partial charge in [-0.05, 0) is 54.8 Å². The van der Waals surface area contributed by atoms with Crippen LogP contribution >= 0.6 is 0 Å². The molecule has 7 nitrogen and oxygen atoms in total. The van der Waals surface area contributed by atoms with Crippen LogP contribution in [0.2, 0.25) is 0 Å². The van der Waals surface area contributed by atoms with E-state index in [1.165, 1.54) is 6.26 Å². The Morgan fingerprint density at radius 1 is 1.00 bits per heavy atom. The summed E-state index contributed by atoms with van der Waals surface area (Å²) in [6.07, 6.45) is 2.74. The van der Waals surface area contributed by atoms with Crippen LogP contribution in [0.4, 0.5) is 17.1 Å². The van der Waals surface area contributed by atoms with Gasteiger partial charge in [-0.2, -0.15) is 0 Å². The molecule has 0 spiro atoms. The second kappa shape index (κ2) is 8.65. The molecule has 3 amide bonds. The molecule has 0 saturated carbocycles. The van der Waals surface area contributed by atoms with Crippen LogP contribution in [0.25, 0.3) is 0 Å². The molecular weight excluding hydrogens is 382 g/mol. The zero-order valence-electron chi connectivity index (χ0n) is 16.2. The number of para-hydroxylation sites is 1. The third-order valence-electron chi connectivity index (χ3n) is 4.98. The summed E-state index contributed by atoms with van der Waals surface area (Å²) in [6.45, 7) is 0. The van der Waals surface area contributed by atoms with Gasteiger partial charge in [0.2, 0.25) is 11.8 Å². The number of anilines is 3. The van der Waals surface area contributed by atoms with Gasteiger partial charge in [-0.15, -0.1) is 0 Å². The van der Waals surface area contributed by atoms with E-state index < -0.39 is 0 Å². The van der Waals surface area contributed by atoms with E-state index in [0.29, 0.717) is 24.2 Å². The van der Waals surface area contributed by atoms with E-state index in [1.54, 1.807) is 36.4 Å². The summed E-state index contributed by atoms with van der Waals surface area (Å²) >= 11 is 0. The minimum absolute atomic E-state index is 0.0517. The van der Waals surface area contributed by atoms with Gasteiger partial charge in [0, 0.05) is 29.4 Å². The number of hydrogen-bond donors (Lipinski definition) is 3. The van der Waals surface area contributed by atoms with E-state index in [-0.39, 0.29) is 35.8 Å². The number of amides is 3. The lowest BCUT2D eigenvalue weighted by Gasteiger charge is -2.24. The lowest BCUT2D eigenvalue weighted by molar-refractivity contribution is -0.121. The number of nitrogens with one attached hydrogen (secondary N) is 3. The first-order valence-electron chi connectivity index (χ1n) is 9.72. The molecule has 4 rings (SSSR count). The average molecular weight is 403 g/mol. The number of furan rings is 1. The summed E-state index contributed by atoms with van der Waals surface area (Å²) in [4.78, 5) is 36.7. The van der Waals surface area contributed by atoms with Crippen molar-refractivity contribution < 1.29 is 18.8 Å². The Hall–Kier alpha value is -3.87. The van der Waals surface area contributed by atoms with Gasteiger partial charge in [-0.3, -0.25) is 14.4 Å². The molecule has 152 valence electrons. The Balaban J connectivity index is 1.31. The monoisotopic (exact) mass is 403 g/mol. The predicted molar refractivity (Wildman–Crippen MR) is 113 cm³/mol. The van der Waals surface area contributed by atoms with E-state index >= 15 is 0 Å². The van der Waals surface area contributed by atoms with Crippen LogP contribution in [0.15, 0.2) is 71.3 Å². The number of carbonyl (C=O) groups is 3. The van der Waals surface area contributed by atoms with Gasteiger partial charge in [0.1, 0.15) is 0 Å². The highest BCUT2D eigenvalue weighted by molar-refractivity contribution is 6.02. The third kappa shape index (κ3) is 4.57. The Bertz CT molecular complexity index is 1080. The van der Waals surface area contributed by atoms with Crippen molar-refractivity contribution in [1.82, 2.24) is 0 Å². The third-order valence-corrected chi connectivity index (χ3v) is 4.98. The second-order valence-electron chi connectivity index (χ2n) is 7.15. The topological polar surface area (TPSA) is 100 Å². The molecule has 1 aliphatic heterocycles. The van der Waals surface area contributed by atoms with Crippen molar-refractivity contribution in [3.8, 4) is 0 Å². The summed E-state index contributed by atoms with van der Waals surface area (Å²) in [7, 11) is 0. The number of fused-ring (bicyclic) bond motifs is 1. The molecule has 0 radical (unpaired) electrons. The predicted octanol–water partition coefficient (Wildman–Crippen LogP) is 4.06. The van der Waals surface area contributed by atoms with Gasteiger partial charge >= 0.3 is 0 Å². The molecule has 0 fully saturated rings. The van der Waals surface area contributed by atoms with Gasteiger partial charge in [-0.1, -0.05) is 24.3 Å². The summed E-state index contributed by atoms with van der Waals surface area (Å²) < 4.78 is 5.07. The highest BCUT2D eigenvalue weighted by Crippen LogP contribution is 2.27. The van der Waals surface area contributed by atoms with E-state index in [9.17, 15) is 14.4 Å². The lowest BCUT2D eigenvalue weighted by atomic mass is 9.89. The zero-order valence-corrected chi connectivity index (χ0v) is 16.2. The molecule has 2 heterocycles. The Morgan fingerprint density at radius 2 is 1.80 bits per heavy atom. The van der Waals surface area contributed by atoms with Crippen molar-refractivity contribution in [2.45, 2.75) is 19.3 Å². The first-order valence-corrected chi connectivity index (χ1v) is 9.72. The minimum Gasteiger partial charge on any atom is -0.459 e. The number of benzene rings is 2. The summed E-state index contributed by atoms with van der Waals surface area (Å²) in [5.74, 6) is -0.631. The summed E-state index contributed by atoms with van der Waals surface area (Å²) in [5, 5.41) is 8.44. The molecule has 1 aliphatic rings. The molecule has 3 aromatic rings. The van der Waals surface area contributed by atoms with E-state index in [1.807, 2.05) is 24.3 Å². The molecule has 2 aromatic carbocycles. The van der Waals surface area contributed by atoms with E-state index in [2.05, 4.69) is 16.0 Å². The van der Waals surface area contributed by atoms with Crippen molar-refractivity contribution in [3.63, 3.8) is 0 Å². The summed E-state index contributed by atoms with van der Waals surface area (Å²) in [6, 6.07) is 17.8. The molecular formula is C23H21N3O4. The lowest BCUT2D eigenvalue weighted by Crippen LogP contribution is -2.30. The average Bonchev–Trinajstić information content (AvgIpc) is 3.27. The SMILES string of the molecule is O=C(CCC1Cc2ccccc2NC1=O)Nc1cccc(NC(=O)c2ccco2)c1. The molecule has 1 atom stereocenters. The second-order valence-corrected chi connectivity index (χ2v) is 7.15. The Labute approximate surface area is 173 Å². The van der Waals surface area contributed by atoms with E-state index in [0.717, 1.165) is 11.3 Å². The van der Waals surface area contributed by atoms with Crippen molar-refractivity contribution in [1.29, 1.82) is 0 Å². The van der Waals surface area contributed by atoms with Gasteiger partial charge in [-0.25, -0.2) is 0 Å². The van der Waals surface area contributed by atoms with Crippen LogP contribution in [0.1, 0.15) is 29.0 Å². The normalized spacial score (nSPS) is 15.1. The van der Waals surface area contributed by atoms with Gasteiger partial charge < -0.3 is 20.4 Å². The van der Waals surface area contributed by atoms with Crippen LogP contribution in [0.5, 0.6) is 0 Å². The first kappa shape index (κ1) is 19.4. The van der Waals surface area contributed by atoms with Crippen LogP contribution in [-0.2, 0) is 16.0 Å². The Kier molecular flexibility index (Phi) is 5.61. The molecule has 1 aromatic heterocycles. The van der Waals surface area contributed by atoms with Crippen LogP contribution in [0, 0.1) is 5.92 Å². The quantitative estimate of drug-likeness (QED) is 0.578. The fourth-order valence-electron chi connectivity index (χ4n) is 3.45. The van der Waals surface area contributed by atoms with E-state index in [4.69, 9.17) is 4.42 Å². The fourth-order valence-corrected chi connectivity index (χ4v) is 3.45. The fraction of sp³-hybridized carbons (Fsp3) is 0.174. The maximum atomic E-state index is 12.4. The van der Waals surface area contributed by atoms with Crippen molar-refractivity contribution >= 4 is 34.8 Å². The molecule has 0 aliphatic carbocycles. The van der Waals surface area contributed by atoms with Crippen LogP contribution in [0.3, 0.4) is 0 Å². The van der Waals surface area contributed by atoms with Crippen molar-refractivity contribution in [3.05, 3.63) is 78.3 Å². The highest BCUT2D eigenvalue weighted by Gasteiger charge is 2.26. The standard InChI is InChI=1S/C23H21N3O4/c27-21(11-10-16-13-15-5-1-2-8-19(15)26-22(16)28)24-17-6-3-7-18(14-17)25-23(29)20-9-4-12-30-20/h1-9,12,14,16H,10-11,13H2,(H,24,27)(H,25,29)(H,26,28). The van der Waals surface area contributed by atoms with Gasteiger partial charge in [0.25, 0.3) is 5.91 Å². The smallest absolute Gasteiger partial charge is 0.291 e. The molecule has 0 saturated heterocycles. The number of rotatable bonds is 6. The molecule has 0 bridgehead atoms. The highest BCUT2D eigenvalue weighted by atomic mass is 16.3. The Morgan fingerprint density at radius 3 is 2.60 bits per heavy atom. The number of hydrogen-bond acceptors (Lipinski definition) is 4. The molecule has 7 heteroatoms. The van der Waals surface area contributed by atoms with Crippen molar-refractivity contribution in [2.24, 2.45) is 5.92 Å². The van der Waals surface area contributed by atoms with Gasteiger partial charge in [0.15, 0.2) is 5.76 Å². The van der Waals surface area contributed by atoms with Gasteiger partial charge in [0.05, 0.1) is 6.26 Å². The number of carbonyl (C=O) groups excluding carboxylic acids is 3. The minimum atomic E-state index is -0.368. The van der Waals surface area contributed by atoms with Crippen molar-refractivity contribution in [2.75, 3.05) is 16.0 Å². The largest absolute Gasteiger partial charge is 0.459 e. The first-order chi connectivity index (χ1) is 14.6. The van der Waals surface area contributed by atoms with Crippen LogP contribution < -0.4 is 16.0 Å². The zero-order chi connectivity index (χ0) is 20.9. The maximum absolute atomic E-state index is 12.4. The molecule has 3 N–H and O–H groups in total. The maximum Gasteiger partial charge on any atom is 0.291 e. The molecule has 30 heavy (non-hydrogen) atoms.